The van der Waals surface area contributed by atoms with Crippen LogP contribution in [0, 0.1) is 6.92 Å². The lowest BCUT2D eigenvalue weighted by molar-refractivity contribution is 0.0950. The summed E-state index contributed by atoms with van der Waals surface area (Å²) in [5.41, 5.74) is 0.887. The molecule has 1 amide bonds. The number of H-pyrrole nitrogens is 1. The summed E-state index contributed by atoms with van der Waals surface area (Å²) in [5, 5.41) is 7.36. The van der Waals surface area contributed by atoms with Crippen molar-refractivity contribution in [3.63, 3.8) is 0 Å². The van der Waals surface area contributed by atoms with Crippen LogP contribution in [0.2, 0.25) is 0 Å². The van der Waals surface area contributed by atoms with Gasteiger partial charge in [0, 0.05) is 30.1 Å². The summed E-state index contributed by atoms with van der Waals surface area (Å²) in [6.07, 6.45) is 0.463. The van der Waals surface area contributed by atoms with Crippen molar-refractivity contribution in [2.24, 2.45) is 0 Å². The molecule has 23 heavy (non-hydrogen) atoms. The Morgan fingerprint density at radius 2 is 2.22 bits per heavy atom. The van der Waals surface area contributed by atoms with Crippen molar-refractivity contribution in [3.05, 3.63) is 56.5 Å². The van der Waals surface area contributed by atoms with E-state index in [0.29, 0.717) is 30.2 Å². The molecule has 0 aliphatic heterocycles. The molecule has 2 N–H and O–H groups in total. The Morgan fingerprint density at radius 3 is 2.96 bits per heavy atom. The van der Waals surface area contributed by atoms with Crippen LogP contribution >= 0.6 is 22.7 Å². The van der Waals surface area contributed by atoms with E-state index in [0.717, 1.165) is 9.88 Å². The van der Waals surface area contributed by atoms with Gasteiger partial charge in [-0.05, 0) is 18.4 Å². The van der Waals surface area contributed by atoms with Crippen LogP contribution in [0.25, 0.3) is 9.88 Å². The number of hydrogen-bond acceptors (Lipinski definition) is 6. The van der Waals surface area contributed by atoms with Crippen LogP contribution in [-0.2, 0) is 6.42 Å². The lowest BCUT2D eigenvalue weighted by atomic mass is 10.3. The predicted octanol–water partition coefficient (Wildman–Crippen LogP) is 2.24. The molecule has 0 saturated carbocycles. The van der Waals surface area contributed by atoms with Gasteiger partial charge in [-0.15, -0.1) is 22.7 Å². The Labute approximate surface area is 140 Å². The zero-order chi connectivity index (χ0) is 16.2. The van der Waals surface area contributed by atoms with Crippen molar-refractivity contribution in [2.75, 3.05) is 6.54 Å². The fraction of sp³-hybridized carbons (Fsp3) is 0.200. The average Bonchev–Trinajstić information content (AvgIpc) is 3.17. The number of aromatic amines is 1. The van der Waals surface area contributed by atoms with Gasteiger partial charge in [0.1, 0.15) is 16.5 Å². The standard InChI is InChI=1S/C15H14N4O2S2/c1-9-7-13(20)19-12(17-9)4-5-16-14(21)10-8-23-15(18-10)11-3-2-6-22-11/h2-3,6-8H,4-5H2,1H3,(H,16,21)(H,17,19,20). The molecule has 3 aromatic rings. The molecule has 3 aromatic heterocycles. The highest BCUT2D eigenvalue weighted by molar-refractivity contribution is 7.20. The number of carbonyl (C=O) groups excluding carboxylic acids is 1. The summed E-state index contributed by atoms with van der Waals surface area (Å²) in [4.78, 5) is 35.7. The highest BCUT2D eigenvalue weighted by Gasteiger charge is 2.12. The lowest BCUT2D eigenvalue weighted by Gasteiger charge is -2.03. The highest BCUT2D eigenvalue weighted by atomic mass is 32.1. The first-order valence-electron chi connectivity index (χ1n) is 6.96. The van der Waals surface area contributed by atoms with E-state index in [1.165, 1.54) is 17.4 Å². The topological polar surface area (TPSA) is 87.7 Å². The minimum absolute atomic E-state index is 0.182. The number of aromatic nitrogens is 3. The smallest absolute Gasteiger partial charge is 0.270 e. The summed E-state index contributed by atoms with van der Waals surface area (Å²) in [5.74, 6) is 0.340. The zero-order valence-corrected chi connectivity index (χ0v) is 14.0. The van der Waals surface area contributed by atoms with Gasteiger partial charge in [0.05, 0.1) is 4.88 Å². The number of amides is 1. The van der Waals surface area contributed by atoms with Gasteiger partial charge >= 0.3 is 0 Å². The van der Waals surface area contributed by atoms with Crippen LogP contribution in [0.3, 0.4) is 0 Å². The minimum atomic E-state index is -0.223. The number of thiazole rings is 1. The van der Waals surface area contributed by atoms with Crippen molar-refractivity contribution in [3.8, 4) is 9.88 Å². The molecule has 8 heteroatoms. The van der Waals surface area contributed by atoms with Crippen molar-refractivity contribution in [2.45, 2.75) is 13.3 Å². The molecular weight excluding hydrogens is 332 g/mol. The largest absolute Gasteiger partial charge is 0.350 e. The Kier molecular flexibility index (Phi) is 4.63. The van der Waals surface area contributed by atoms with Gasteiger partial charge in [-0.2, -0.15) is 0 Å². The fourth-order valence-electron chi connectivity index (χ4n) is 2.04. The van der Waals surface area contributed by atoms with Crippen LogP contribution < -0.4 is 10.9 Å². The van der Waals surface area contributed by atoms with Gasteiger partial charge in [-0.3, -0.25) is 9.59 Å². The highest BCUT2D eigenvalue weighted by Crippen LogP contribution is 2.27. The fourth-order valence-corrected chi connectivity index (χ4v) is 3.65. The van der Waals surface area contributed by atoms with Gasteiger partial charge in [-0.1, -0.05) is 6.07 Å². The Bertz CT molecular complexity index is 868. The first-order valence-corrected chi connectivity index (χ1v) is 8.72. The van der Waals surface area contributed by atoms with Crippen molar-refractivity contribution in [1.29, 1.82) is 0 Å². The molecule has 3 heterocycles. The monoisotopic (exact) mass is 346 g/mol. The maximum Gasteiger partial charge on any atom is 0.270 e. The summed E-state index contributed by atoms with van der Waals surface area (Å²) < 4.78 is 0. The quantitative estimate of drug-likeness (QED) is 0.741. The number of nitrogens with one attached hydrogen (secondary N) is 2. The Hall–Kier alpha value is -2.32. The molecular formula is C15H14N4O2S2. The van der Waals surface area contributed by atoms with E-state index in [9.17, 15) is 9.59 Å². The zero-order valence-electron chi connectivity index (χ0n) is 12.3. The third kappa shape index (κ3) is 3.91. The molecule has 0 spiro atoms. The van der Waals surface area contributed by atoms with Crippen molar-refractivity contribution >= 4 is 28.6 Å². The van der Waals surface area contributed by atoms with Gasteiger partial charge in [0.2, 0.25) is 0 Å². The molecule has 6 nitrogen and oxygen atoms in total. The van der Waals surface area contributed by atoms with E-state index in [-0.39, 0.29) is 11.5 Å². The third-order valence-electron chi connectivity index (χ3n) is 3.03. The van der Waals surface area contributed by atoms with E-state index in [2.05, 4.69) is 20.3 Å². The molecule has 0 radical (unpaired) electrons. The number of nitrogens with zero attached hydrogens (tertiary/aromatic N) is 2. The van der Waals surface area contributed by atoms with E-state index >= 15 is 0 Å². The summed E-state index contributed by atoms with van der Waals surface area (Å²) in [6, 6.07) is 5.37. The van der Waals surface area contributed by atoms with Gasteiger partial charge in [-0.25, -0.2) is 9.97 Å². The molecule has 0 aliphatic carbocycles. The van der Waals surface area contributed by atoms with Crippen LogP contribution in [0.1, 0.15) is 22.0 Å². The normalized spacial score (nSPS) is 10.7. The second kappa shape index (κ2) is 6.84. The van der Waals surface area contributed by atoms with Crippen LogP contribution in [0.15, 0.2) is 33.8 Å². The molecule has 0 aromatic carbocycles. The average molecular weight is 346 g/mol. The first kappa shape index (κ1) is 15.6. The minimum Gasteiger partial charge on any atom is -0.350 e. The predicted molar refractivity (Wildman–Crippen MR) is 91.1 cm³/mol. The van der Waals surface area contributed by atoms with Gasteiger partial charge < -0.3 is 10.3 Å². The molecule has 0 saturated heterocycles. The number of thiophene rings is 1. The Morgan fingerprint density at radius 1 is 1.35 bits per heavy atom. The van der Waals surface area contributed by atoms with E-state index in [1.54, 1.807) is 23.6 Å². The van der Waals surface area contributed by atoms with Crippen LogP contribution in [-0.4, -0.2) is 27.4 Å². The second-order valence-electron chi connectivity index (χ2n) is 4.85. The van der Waals surface area contributed by atoms with Crippen LogP contribution in [0.4, 0.5) is 0 Å². The SMILES string of the molecule is Cc1cc(=O)[nH]c(CCNC(=O)c2csc(-c3cccs3)n2)n1. The molecule has 0 fully saturated rings. The molecule has 0 bridgehead atoms. The molecule has 0 atom stereocenters. The van der Waals surface area contributed by atoms with E-state index < -0.39 is 0 Å². The molecule has 3 rings (SSSR count). The first-order chi connectivity index (χ1) is 11.1. The molecule has 0 unspecified atom stereocenters. The van der Waals surface area contributed by atoms with E-state index in [4.69, 9.17) is 0 Å². The maximum absolute atomic E-state index is 12.1. The summed E-state index contributed by atoms with van der Waals surface area (Å²) in [6.45, 7) is 2.15. The van der Waals surface area contributed by atoms with E-state index in [1.807, 2.05) is 17.5 Å². The summed E-state index contributed by atoms with van der Waals surface area (Å²) >= 11 is 3.04. The number of aryl methyl sites for hydroxylation is 1. The number of rotatable bonds is 5. The summed E-state index contributed by atoms with van der Waals surface area (Å²) in [7, 11) is 0. The Balaban J connectivity index is 1.58. The maximum atomic E-state index is 12.1. The number of carbonyl (C=O) groups is 1. The lowest BCUT2D eigenvalue weighted by Crippen LogP contribution is -2.27. The van der Waals surface area contributed by atoms with Crippen molar-refractivity contribution < 1.29 is 4.79 Å². The van der Waals surface area contributed by atoms with Crippen molar-refractivity contribution in [1.82, 2.24) is 20.3 Å². The van der Waals surface area contributed by atoms with Gasteiger partial charge in [0.25, 0.3) is 11.5 Å². The van der Waals surface area contributed by atoms with Crippen LogP contribution in [0.5, 0.6) is 0 Å². The molecule has 118 valence electrons. The molecule has 0 aliphatic rings. The third-order valence-corrected chi connectivity index (χ3v) is 4.92. The number of hydrogen-bond donors (Lipinski definition) is 2. The second-order valence-corrected chi connectivity index (χ2v) is 6.66. The van der Waals surface area contributed by atoms with Gasteiger partial charge in [0.15, 0.2) is 0 Å².